The Labute approximate surface area is 276 Å². The van der Waals surface area contributed by atoms with Gasteiger partial charge in [0, 0.05) is 43.0 Å². The topological polar surface area (TPSA) is 164 Å². The van der Waals surface area contributed by atoms with Gasteiger partial charge in [-0.25, -0.2) is 0 Å². The van der Waals surface area contributed by atoms with Crippen molar-refractivity contribution in [3.05, 3.63) is 83.2 Å². The van der Waals surface area contributed by atoms with E-state index < -0.39 is 31.0 Å². The zero-order chi connectivity index (χ0) is 33.6. The first-order valence-electron chi connectivity index (χ1n) is 16.8. The van der Waals surface area contributed by atoms with Crippen molar-refractivity contribution in [3.8, 4) is 16.9 Å². The molecule has 2 aliphatic rings. The summed E-state index contributed by atoms with van der Waals surface area (Å²) in [7, 11) is 0. The molecule has 254 valence electrons. The average Bonchev–Trinajstić information content (AvgIpc) is 4.03. The van der Waals surface area contributed by atoms with Crippen molar-refractivity contribution < 1.29 is 35.1 Å². The Hall–Kier alpha value is -3.38. The van der Waals surface area contributed by atoms with E-state index in [2.05, 4.69) is 71.9 Å². The summed E-state index contributed by atoms with van der Waals surface area (Å²) in [6.07, 6.45) is 3.66. The molecule has 0 bridgehead atoms. The maximum Gasteiger partial charge on any atom is 0.220 e. The second-order valence-corrected chi connectivity index (χ2v) is 13.3. The third kappa shape index (κ3) is 8.95. The van der Waals surface area contributed by atoms with E-state index in [9.17, 15) is 25.2 Å². The maximum absolute atomic E-state index is 12.4. The lowest BCUT2D eigenvalue weighted by molar-refractivity contribution is -0.126. The predicted octanol–water partition coefficient (Wildman–Crippen LogP) is 3.20. The number of ether oxygens (including phenoxy) is 1. The first kappa shape index (κ1) is 34.9. The van der Waals surface area contributed by atoms with Crippen LogP contribution in [0.1, 0.15) is 80.0 Å². The Morgan fingerprint density at radius 1 is 1.02 bits per heavy atom. The Kier molecular flexibility index (Phi) is 11.7. The van der Waals surface area contributed by atoms with Gasteiger partial charge in [-0.2, -0.15) is 0 Å². The maximum atomic E-state index is 12.4. The molecule has 2 aliphatic carbocycles. The number of aliphatic hydroxyl groups is 5. The molecule has 1 heterocycles. The number of nitrogens with zero attached hydrogens (tertiary/aromatic N) is 1. The molecule has 3 aromatic rings. The highest BCUT2D eigenvalue weighted by Gasteiger charge is 2.46. The van der Waals surface area contributed by atoms with E-state index >= 15 is 0 Å². The van der Waals surface area contributed by atoms with Gasteiger partial charge >= 0.3 is 0 Å². The molecule has 0 radical (unpaired) electrons. The van der Waals surface area contributed by atoms with Crippen LogP contribution in [-0.2, 0) is 16.9 Å². The fraction of sp³-hybridized carbons (Fsp3) is 0.514. The Morgan fingerprint density at radius 3 is 2.49 bits per heavy atom. The third-order valence-corrected chi connectivity index (χ3v) is 9.52. The van der Waals surface area contributed by atoms with E-state index in [4.69, 9.17) is 9.84 Å². The van der Waals surface area contributed by atoms with Crippen molar-refractivity contribution in [1.82, 2.24) is 15.6 Å². The van der Waals surface area contributed by atoms with Gasteiger partial charge < -0.3 is 40.9 Å². The molecule has 0 aliphatic heterocycles. The summed E-state index contributed by atoms with van der Waals surface area (Å²) >= 11 is 0. The van der Waals surface area contributed by atoms with Crippen molar-refractivity contribution in [2.45, 2.75) is 107 Å². The van der Waals surface area contributed by atoms with E-state index in [1.807, 2.05) is 18.5 Å². The van der Waals surface area contributed by atoms with Gasteiger partial charge in [-0.3, -0.25) is 9.78 Å². The fourth-order valence-electron chi connectivity index (χ4n) is 6.01. The van der Waals surface area contributed by atoms with Crippen LogP contribution >= 0.6 is 0 Å². The molecule has 0 spiro atoms. The number of aromatic nitrogens is 1. The number of nitrogens with one attached hydrogen (secondary N) is 2. The predicted molar refractivity (Wildman–Crippen MR) is 179 cm³/mol. The fourth-order valence-corrected chi connectivity index (χ4v) is 6.01. The van der Waals surface area contributed by atoms with Gasteiger partial charge in [-0.1, -0.05) is 43.3 Å². The molecule has 0 saturated heterocycles. The first-order valence-corrected chi connectivity index (χ1v) is 16.8. The molecule has 7 N–H and O–H groups in total. The summed E-state index contributed by atoms with van der Waals surface area (Å²) in [6, 6.07) is 16.9. The number of aliphatic hydroxyl groups excluding tert-OH is 5. The summed E-state index contributed by atoms with van der Waals surface area (Å²) in [5.74, 6) is 0.882. The molecule has 47 heavy (non-hydrogen) atoms. The number of carbonyl (C=O) groups is 1. The summed E-state index contributed by atoms with van der Waals surface area (Å²) in [5, 5.41) is 54.5. The van der Waals surface area contributed by atoms with Gasteiger partial charge in [0.2, 0.25) is 5.91 Å². The number of hydrogen-bond acceptors (Lipinski definition) is 9. The van der Waals surface area contributed by atoms with Crippen LogP contribution < -0.4 is 15.4 Å². The minimum atomic E-state index is -1.72. The lowest BCUT2D eigenvalue weighted by atomic mass is 9.91. The molecular formula is C37H49N3O7. The number of hydrogen-bond donors (Lipinski definition) is 7. The molecule has 2 fully saturated rings. The zero-order valence-corrected chi connectivity index (χ0v) is 27.3. The molecule has 1 amide bonds. The molecule has 5 unspecified atom stereocenters. The number of pyridine rings is 1. The van der Waals surface area contributed by atoms with Crippen LogP contribution in [0.15, 0.2) is 60.9 Å². The molecular weight excluding hydrogens is 598 g/mol. The van der Waals surface area contributed by atoms with Gasteiger partial charge in [-0.15, -0.1) is 0 Å². The minimum Gasteiger partial charge on any atom is -0.490 e. The van der Waals surface area contributed by atoms with E-state index in [0.717, 1.165) is 55.5 Å². The van der Waals surface area contributed by atoms with Crippen LogP contribution in [0.4, 0.5) is 0 Å². The van der Waals surface area contributed by atoms with Crippen LogP contribution in [0.25, 0.3) is 11.1 Å². The summed E-state index contributed by atoms with van der Waals surface area (Å²) in [4.78, 5) is 16.9. The average molecular weight is 648 g/mol. The summed E-state index contributed by atoms with van der Waals surface area (Å²) in [5.41, 5.74) is 6.99. The van der Waals surface area contributed by atoms with E-state index in [0.29, 0.717) is 12.5 Å². The number of aryl methyl sites for hydroxylation is 1. The molecule has 1 aromatic heterocycles. The van der Waals surface area contributed by atoms with Gasteiger partial charge in [0.25, 0.3) is 0 Å². The SMILES string of the molecule is Cc1ccc(C(C)CCCC(=O)NCC(O)C(O)C(O)C(O)CO)cc1CNC1(c2cnccc2-c2ccccc2OC2CC2)CC1. The van der Waals surface area contributed by atoms with E-state index in [-0.39, 0.29) is 30.3 Å². The first-order chi connectivity index (χ1) is 22.6. The van der Waals surface area contributed by atoms with Crippen molar-refractivity contribution in [2.24, 2.45) is 0 Å². The monoisotopic (exact) mass is 647 g/mol. The summed E-state index contributed by atoms with van der Waals surface area (Å²) in [6.45, 7) is 3.97. The number of para-hydroxylation sites is 1. The third-order valence-electron chi connectivity index (χ3n) is 9.52. The van der Waals surface area contributed by atoms with Gasteiger partial charge in [-0.05, 0) is 91.3 Å². The smallest absolute Gasteiger partial charge is 0.220 e. The standard InChI is InChI=1S/C37H49N3O7/c1-23(6-5-9-34(44)39-21-31(42)35(45)36(46)32(43)22-41)25-11-10-24(2)26(18-25)19-40-37(15-16-37)30-20-38-17-14-28(30)29-7-3-4-8-33(29)47-27-12-13-27/h3-4,7-8,10-11,14,17-18,20,23,27,31-32,35-36,40-43,45-46H,5-6,9,12-13,15-16,19,21-22H2,1-2H3,(H,39,44). The molecule has 2 saturated carbocycles. The lowest BCUT2D eigenvalue weighted by Crippen LogP contribution is -2.49. The van der Waals surface area contributed by atoms with Crippen molar-refractivity contribution >= 4 is 5.91 Å². The van der Waals surface area contributed by atoms with Crippen LogP contribution in [0.5, 0.6) is 5.75 Å². The zero-order valence-electron chi connectivity index (χ0n) is 27.3. The second kappa shape index (κ2) is 15.7. The highest BCUT2D eigenvalue weighted by molar-refractivity contribution is 5.76. The summed E-state index contributed by atoms with van der Waals surface area (Å²) < 4.78 is 6.26. The van der Waals surface area contributed by atoms with E-state index in [1.165, 1.54) is 22.3 Å². The van der Waals surface area contributed by atoms with Crippen LogP contribution in [0, 0.1) is 6.92 Å². The molecule has 10 heteroatoms. The Balaban J connectivity index is 1.15. The van der Waals surface area contributed by atoms with Crippen LogP contribution in [0.3, 0.4) is 0 Å². The molecule has 5 atom stereocenters. The van der Waals surface area contributed by atoms with Crippen molar-refractivity contribution in [1.29, 1.82) is 0 Å². The van der Waals surface area contributed by atoms with E-state index in [1.54, 1.807) is 0 Å². The molecule has 2 aromatic carbocycles. The van der Waals surface area contributed by atoms with Gasteiger partial charge in [0.1, 0.15) is 24.1 Å². The molecule has 5 rings (SSSR count). The normalized spacial score (nSPS) is 18.5. The quantitative estimate of drug-likeness (QED) is 0.110. The largest absolute Gasteiger partial charge is 0.490 e. The van der Waals surface area contributed by atoms with Crippen LogP contribution in [0.2, 0.25) is 0 Å². The van der Waals surface area contributed by atoms with Crippen LogP contribution in [-0.4, -0.2) is 80.1 Å². The molecule has 10 nitrogen and oxygen atoms in total. The highest BCUT2D eigenvalue weighted by Crippen LogP contribution is 2.50. The highest BCUT2D eigenvalue weighted by atomic mass is 16.5. The lowest BCUT2D eigenvalue weighted by Gasteiger charge is -2.25. The van der Waals surface area contributed by atoms with Crippen molar-refractivity contribution in [2.75, 3.05) is 13.2 Å². The number of rotatable bonds is 18. The Morgan fingerprint density at radius 2 is 1.77 bits per heavy atom. The number of benzene rings is 2. The van der Waals surface area contributed by atoms with Gasteiger partial charge in [0.05, 0.1) is 18.8 Å². The van der Waals surface area contributed by atoms with Gasteiger partial charge in [0.15, 0.2) is 0 Å². The Bertz CT molecular complexity index is 1490. The number of carbonyl (C=O) groups excluding carboxylic acids is 1. The minimum absolute atomic E-state index is 0.141. The number of amides is 1. The van der Waals surface area contributed by atoms with Crippen molar-refractivity contribution in [3.63, 3.8) is 0 Å². The second-order valence-electron chi connectivity index (χ2n) is 13.3.